The number of nitrogens with zero attached hydrogens (tertiary/aromatic N) is 1. The molecule has 3 aromatic rings. The molecule has 0 saturated carbocycles. The summed E-state index contributed by atoms with van der Waals surface area (Å²) < 4.78 is 1.65. The number of hydrogen-bond donors (Lipinski definition) is 1. The lowest BCUT2D eigenvalue weighted by atomic mass is 10.2. The van der Waals surface area contributed by atoms with Crippen LogP contribution >= 0.6 is 11.6 Å². The Hall–Kier alpha value is -2.00. The molecular formula is C14H11ClN2O. The Morgan fingerprint density at radius 2 is 1.89 bits per heavy atom. The van der Waals surface area contributed by atoms with E-state index in [1.807, 2.05) is 43.3 Å². The van der Waals surface area contributed by atoms with Crippen molar-refractivity contribution in [2.45, 2.75) is 6.92 Å². The zero-order chi connectivity index (χ0) is 12.7. The maximum Gasteiger partial charge on any atom is 0.331 e. The van der Waals surface area contributed by atoms with Gasteiger partial charge in [-0.2, -0.15) is 0 Å². The first kappa shape index (κ1) is 11.1. The molecule has 3 rings (SSSR count). The third kappa shape index (κ3) is 1.56. The topological polar surface area (TPSA) is 37.8 Å². The average Bonchev–Trinajstić information content (AvgIpc) is 2.68. The predicted molar refractivity (Wildman–Crippen MR) is 73.6 cm³/mol. The molecule has 0 aliphatic carbocycles. The fourth-order valence-corrected chi connectivity index (χ4v) is 2.37. The minimum Gasteiger partial charge on any atom is -0.304 e. The lowest BCUT2D eigenvalue weighted by Crippen LogP contribution is -2.15. The van der Waals surface area contributed by atoms with Gasteiger partial charge in [0.15, 0.2) is 0 Å². The Labute approximate surface area is 109 Å². The average molecular weight is 259 g/mol. The third-order valence-electron chi connectivity index (χ3n) is 3.02. The number of benzene rings is 2. The molecule has 2 aromatic carbocycles. The molecule has 90 valence electrons. The Morgan fingerprint density at radius 1 is 1.11 bits per heavy atom. The van der Waals surface area contributed by atoms with Crippen molar-refractivity contribution in [3.05, 3.63) is 63.5 Å². The van der Waals surface area contributed by atoms with Crippen molar-refractivity contribution in [2.24, 2.45) is 0 Å². The van der Waals surface area contributed by atoms with E-state index in [-0.39, 0.29) is 5.69 Å². The second kappa shape index (κ2) is 4.03. The lowest BCUT2D eigenvalue weighted by molar-refractivity contribution is 1.00. The van der Waals surface area contributed by atoms with E-state index in [1.54, 1.807) is 10.6 Å². The summed E-state index contributed by atoms with van der Waals surface area (Å²) in [5, 5.41) is 0.553. The summed E-state index contributed by atoms with van der Waals surface area (Å²) in [6, 6.07) is 13.3. The van der Waals surface area contributed by atoms with Crippen LogP contribution in [0.15, 0.2) is 47.3 Å². The van der Waals surface area contributed by atoms with Crippen LogP contribution in [0.5, 0.6) is 0 Å². The second-order valence-electron chi connectivity index (χ2n) is 4.19. The third-order valence-corrected chi connectivity index (χ3v) is 3.34. The Balaban J connectivity index is 2.44. The first-order valence-electron chi connectivity index (χ1n) is 5.64. The monoisotopic (exact) mass is 258 g/mol. The SMILES string of the molecule is Cc1ccccc1-n1c(=O)[nH]c2c(Cl)cccc21. The van der Waals surface area contributed by atoms with Crippen molar-refractivity contribution in [3.63, 3.8) is 0 Å². The summed E-state index contributed by atoms with van der Waals surface area (Å²) in [5.41, 5.74) is 3.21. The summed E-state index contributed by atoms with van der Waals surface area (Å²) in [7, 11) is 0. The molecule has 0 radical (unpaired) electrons. The van der Waals surface area contributed by atoms with Crippen molar-refractivity contribution >= 4 is 22.6 Å². The van der Waals surface area contributed by atoms with E-state index in [1.165, 1.54) is 0 Å². The van der Waals surface area contributed by atoms with E-state index in [2.05, 4.69) is 4.98 Å². The number of halogens is 1. The predicted octanol–water partition coefficient (Wildman–Crippen LogP) is 3.28. The molecule has 0 aliphatic heterocycles. The van der Waals surface area contributed by atoms with Gasteiger partial charge in [-0.3, -0.25) is 4.57 Å². The van der Waals surface area contributed by atoms with Crippen molar-refractivity contribution < 1.29 is 0 Å². The molecule has 0 unspecified atom stereocenters. The van der Waals surface area contributed by atoms with Crippen molar-refractivity contribution in [3.8, 4) is 5.69 Å². The van der Waals surface area contributed by atoms with Crippen LogP contribution in [0.3, 0.4) is 0 Å². The number of rotatable bonds is 1. The summed E-state index contributed by atoms with van der Waals surface area (Å²) in [4.78, 5) is 14.9. The zero-order valence-electron chi connectivity index (χ0n) is 9.77. The number of H-pyrrole nitrogens is 1. The van der Waals surface area contributed by atoms with E-state index >= 15 is 0 Å². The minimum absolute atomic E-state index is 0.174. The molecule has 1 aromatic heterocycles. The zero-order valence-corrected chi connectivity index (χ0v) is 10.5. The molecular weight excluding hydrogens is 248 g/mol. The van der Waals surface area contributed by atoms with Crippen LogP contribution in [0.1, 0.15) is 5.56 Å². The lowest BCUT2D eigenvalue weighted by Gasteiger charge is -2.06. The van der Waals surface area contributed by atoms with Gasteiger partial charge in [-0.1, -0.05) is 35.9 Å². The number of aromatic nitrogens is 2. The summed E-state index contributed by atoms with van der Waals surface area (Å²) >= 11 is 6.09. The molecule has 0 spiro atoms. The molecule has 0 saturated heterocycles. The molecule has 1 N–H and O–H groups in total. The van der Waals surface area contributed by atoms with Crippen LogP contribution < -0.4 is 5.69 Å². The molecule has 1 heterocycles. The van der Waals surface area contributed by atoms with Crippen LogP contribution in [0.25, 0.3) is 16.7 Å². The van der Waals surface area contributed by atoms with E-state index in [4.69, 9.17) is 11.6 Å². The Morgan fingerprint density at radius 3 is 2.67 bits per heavy atom. The maximum absolute atomic E-state index is 12.1. The summed E-state index contributed by atoms with van der Waals surface area (Å²) in [6.45, 7) is 1.98. The second-order valence-corrected chi connectivity index (χ2v) is 4.59. The largest absolute Gasteiger partial charge is 0.331 e. The summed E-state index contributed by atoms with van der Waals surface area (Å²) in [5.74, 6) is 0. The maximum atomic E-state index is 12.1. The van der Waals surface area contributed by atoms with Crippen molar-refractivity contribution in [2.75, 3.05) is 0 Å². The highest BCUT2D eigenvalue weighted by Crippen LogP contribution is 2.23. The molecule has 3 nitrogen and oxygen atoms in total. The number of nitrogens with one attached hydrogen (secondary N) is 1. The van der Waals surface area contributed by atoms with Gasteiger partial charge in [0.05, 0.1) is 21.7 Å². The van der Waals surface area contributed by atoms with E-state index in [0.29, 0.717) is 10.5 Å². The van der Waals surface area contributed by atoms with Gasteiger partial charge in [0.1, 0.15) is 0 Å². The number of para-hydroxylation sites is 2. The molecule has 18 heavy (non-hydrogen) atoms. The Bertz CT molecular complexity index is 786. The van der Waals surface area contributed by atoms with Gasteiger partial charge >= 0.3 is 5.69 Å². The van der Waals surface area contributed by atoms with Crippen LogP contribution in [0.2, 0.25) is 5.02 Å². The van der Waals surface area contributed by atoms with Gasteiger partial charge in [0, 0.05) is 0 Å². The van der Waals surface area contributed by atoms with Gasteiger partial charge in [-0.25, -0.2) is 4.79 Å². The van der Waals surface area contributed by atoms with Gasteiger partial charge in [-0.15, -0.1) is 0 Å². The highest BCUT2D eigenvalue weighted by atomic mass is 35.5. The van der Waals surface area contributed by atoms with Crippen LogP contribution in [0.4, 0.5) is 0 Å². The number of imidazole rings is 1. The van der Waals surface area contributed by atoms with E-state index < -0.39 is 0 Å². The van der Waals surface area contributed by atoms with Crippen LogP contribution in [-0.2, 0) is 0 Å². The van der Waals surface area contributed by atoms with Gasteiger partial charge < -0.3 is 4.98 Å². The molecule has 0 atom stereocenters. The fraction of sp³-hybridized carbons (Fsp3) is 0.0714. The van der Waals surface area contributed by atoms with Crippen molar-refractivity contribution in [1.82, 2.24) is 9.55 Å². The number of aryl methyl sites for hydroxylation is 1. The smallest absolute Gasteiger partial charge is 0.304 e. The van der Waals surface area contributed by atoms with Crippen LogP contribution in [0, 0.1) is 6.92 Å². The van der Waals surface area contributed by atoms with E-state index in [9.17, 15) is 4.79 Å². The van der Waals surface area contributed by atoms with Crippen molar-refractivity contribution in [1.29, 1.82) is 0 Å². The van der Waals surface area contributed by atoms with Gasteiger partial charge in [0.2, 0.25) is 0 Å². The van der Waals surface area contributed by atoms with Gasteiger partial charge in [-0.05, 0) is 30.7 Å². The van der Waals surface area contributed by atoms with E-state index in [0.717, 1.165) is 16.8 Å². The highest BCUT2D eigenvalue weighted by Gasteiger charge is 2.11. The van der Waals surface area contributed by atoms with Gasteiger partial charge in [0.25, 0.3) is 0 Å². The number of hydrogen-bond acceptors (Lipinski definition) is 1. The first-order chi connectivity index (χ1) is 8.68. The standard InChI is InChI=1S/C14H11ClN2O/c1-9-5-2-3-7-11(9)17-12-8-4-6-10(15)13(12)16-14(17)18/h2-8H,1H3,(H,16,18). The fourth-order valence-electron chi connectivity index (χ4n) is 2.15. The molecule has 0 amide bonds. The first-order valence-corrected chi connectivity index (χ1v) is 6.01. The number of fused-ring (bicyclic) bond motifs is 1. The Kier molecular flexibility index (Phi) is 2.49. The molecule has 4 heteroatoms. The molecule has 0 bridgehead atoms. The highest BCUT2D eigenvalue weighted by molar-refractivity contribution is 6.34. The molecule has 0 aliphatic rings. The minimum atomic E-state index is -0.174. The summed E-state index contributed by atoms with van der Waals surface area (Å²) in [6.07, 6.45) is 0. The van der Waals surface area contributed by atoms with Crippen LogP contribution in [-0.4, -0.2) is 9.55 Å². The number of aromatic amines is 1. The quantitative estimate of drug-likeness (QED) is 0.715. The normalized spacial score (nSPS) is 11.0. The molecule has 0 fully saturated rings.